The Morgan fingerprint density at radius 1 is 1.21 bits per heavy atom. The van der Waals surface area contributed by atoms with Gasteiger partial charge in [-0.15, -0.1) is 0 Å². The average molecular weight is 279 g/mol. The minimum atomic E-state index is -4.33. The molecule has 1 atom stereocenters. The molecule has 1 rings (SSSR count). The lowest BCUT2D eigenvalue weighted by Crippen LogP contribution is -2.20. The van der Waals surface area contributed by atoms with E-state index in [4.69, 9.17) is 5.73 Å². The summed E-state index contributed by atoms with van der Waals surface area (Å²) in [5.74, 6) is -0.348. The molecule has 19 heavy (non-hydrogen) atoms. The Hall–Kier alpha value is -1.14. The Labute approximate surface area is 109 Å². The van der Waals surface area contributed by atoms with Crippen LogP contribution in [0, 0.1) is 19.7 Å². The second-order valence-corrected chi connectivity index (χ2v) is 4.52. The number of aryl methyl sites for hydroxylation is 2. The van der Waals surface area contributed by atoms with Crippen molar-refractivity contribution in [3.63, 3.8) is 0 Å². The Morgan fingerprint density at radius 2 is 1.74 bits per heavy atom. The zero-order chi connectivity index (χ0) is 14.6. The van der Waals surface area contributed by atoms with Crippen LogP contribution in [0.5, 0.6) is 0 Å². The van der Waals surface area contributed by atoms with E-state index in [9.17, 15) is 17.6 Å². The summed E-state index contributed by atoms with van der Waals surface area (Å²) in [6, 6.07) is 2.26. The molecule has 0 saturated carbocycles. The molecule has 1 unspecified atom stereocenters. The summed E-state index contributed by atoms with van der Waals surface area (Å²) in [5, 5.41) is 0. The van der Waals surface area contributed by atoms with Crippen LogP contribution in [0.4, 0.5) is 17.6 Å². The normalized spacial score (nSPS) is 13.6. The van der Waals surface area contributed by atoms with Crippen LogP contribution in [-0.2, 0) is 4.74 Å². The van der Waals surface area contributed by atoms with Crippen molar-refractivity contribution < 1.29 is 22.3 Å². The van der Waals surface area contributed by atoms with E-state index < -0.39 is 18.8 Å². The molecule has 0 radical (unpaired) electrons. The summed E-state index contributed by atoms with van der Waals surface area (Å²) in [4.78, 5) is 0. The molecule has 0 saturated heterocycles. The minimum absolute atomic E-state index is 0.0864. The first-order valence-electron chi connectivity index (χ1n) is 5.87. The highest BCUT2D eigenvalue weighted by molar-refractivity contribution is 5.36. The third-order valence-electron chi connectivity index (χ3n) is 2.77. The second-order valence-electron chi connectivity index (χ2n) is 4.52. The van der Waals surface area contributed by atoms with Crippen LogP contribution in [0.3, 0.4) is 0 Å². The molecular weight excluding hydrogens is 262 g/mol. The molecule has 0 aliphatic heterocycles. The van der Waals surface area contributed by atoms with E-state index in [1.54, 1.807) is 13.8 Å². The molecule has 2 N–H and O–H groups in total. The maximum Gasteiger partial charge on any atom is 0.411 e. The standard InChI is InChI=1S/C13H17F4NO/c1-8-5-10(14)6-9(2)12(8)11(18)3-4-19-7-13(15,16)17/h5-6,11H,3-4,7,18H2,1-2H3. The number of hydrogen-bond donors (Lipinski definition) is 1. The van der Waals surface area contributed by atoms with Crippen LogP contribution in [0.25, 0.3) is 0 Å². The number of alkyl halides is 3. The van der Waals surface area contributed by atoms with E-state index in [1.807, 2.05) is 0 Å². The first kappa shape index (κ1) is 15.9. The van der Waals surface area contributed by atoms with Gasteiger partial charge in [0.05, 0.1) is 0 Å². The van der Waals surface area contributed by atoms with Crippen LogP contribution in [-0.4, -0.2) is 19.4 Å². The van der Waals surface area contributed by atoms with Crippen LogP contribution in [0.1, 0.15) is 29.2 Å². The van der Waals surface area contributed by atoms with E-state index in [0.29, 0.717) is 11.1 Å². The fourth-order valence-corrected chi connectivity index (χ4v) is 2.05. The number of rotatable bonds is 5. The van der Waals surface area contributed by atoms with E-state index >= 15 is 0 Å². The molecule has 0 aliphatic rings. The summed E-state index contributed by atoms with van der Waals surface area (Å²) < 4.78 is 53.3. The van der Waals surface area contributed by atoms with Gasteiger partial charge >= 0.3 is 6.18 Å². The summed E-state index contributed by atoms with van der Waals surface area (Å²) in [6.07, 6.45) is -4.07. The Balaban J connectivity index is 2.57. The first-order chi connectivity index (χ1) is 8.70. The zero-order valence-electron chi connectivity index (χ0n) is 10.9. The van der Waals surface area contributed by atoms with E-state index in [1.165, 1.54) is 12.1 Å². The van der Waals surface area contributed by atoms with Crippen molar-refractivity contribution in [1.29, 1.82) is 0 Å². The molecular formula is C13H17F4NO. The van der Waals surface area contributed by atoms with Gasteiger partial charge in [-0.1, -0.05) is 0 Å². The highest BCUT2D eigenvalue weighted by atomic mass is 19.4. The Bertz CT molecular complexity index is 408. The minimum Gasteiger partial charge on any atom is -0.372 e. The molecule has 1 aromatic rings. The first-order valence-corrected chi connectivity index (χ1v) is 5.87. The number of nitrogens with two attached hydrogens (primary N) is 1. The molecule has 6 heteroatoms. The van der Waals surface area contributed by atoms with Gasteiger partial charge in [-0.2, -0.15) is 13.2 Å². The molecule has 0 bridgehead atoms. The molecule has 2 nitrogen and oxygen atoms in total. The maximum absolute atomic E-state index is 13.1. The van der Waals surface area contributed by atoms with Gasteiger partial charge < -0.3 is 10.5 Å². The summed E-state index contributed by atoms with van der Waals surface area (Å²) in [7, 11) is 0. The number of ether oxygens (including phenoxy) is 1. The van der Waals surface area contributed by atoms with Crippen LogP contribution < -0.4 is 5.73 Å². The third kappa shape index (κ3) is 5.16. The van der Waals surface area contributed by atoms with Gasteiger partial charge in [0.2, 0.25) is 0 Å². The van der Waals surface area contributed by atoms with E-state index in [0.717, 1.165) is 5.56 Å². The van der Waals surface area contributed by atoms with Crippen molar-refractivity contribution in [2.75, 3.05) is 13.2 Å². The lowest BCUT2D eigenvalue weighted by Gasteiger charge is -2.18. The highest BCUT2D eigenvalue weighted by Crippen LogP contribution is 2.24. The van der Waals surface area contributed by atoms with Crippen molar-refractivity contribution in [3.8, 4) is 0 Å². The number of hydrogen-bond acceptors (Lipinski definition) is 2. The van der Waals surface area contributed by atoms with Crippen molar-refractivity contribution in [2.24, 2.45) is 5.73 Å². The fourth-order valence-electron chi connectivity index (χ4n) is 2.05. The highest BCUT2D eigenvalue weighted by Gasteiger charge is 2.27. The van der Waals surface area contributed by atoms with Gasteiger partial charge in [-0.05, 0) is 49.1 Å². The quantitative estimate of drug-likeness (QED) is 0.662. The van der Waals surface area contributed by atoms with Gasteiger partial charge in [-0.3, -0.25) is 0 Å². The topological polar surface area (TPSA) is 35.2 Å². The maximum atomic E-state index is 13.1. The SMILES string of the molecule is Cc1cc(F)cc(C)c1C(N)CCOCC(F)(F)F. The molecule has 108 valence electrons. The molecule has 0 amide bonds. The van der Waals surface area contributed by atoms with Crippen LogP contribution in [0.15, 0.2) is 12.1 Å². The monoisotopic (exact) mass is 279 g/mol. The van der Waals surface area contributed by atoms with Gasteiger partial charge in [0.1, 0.15) is 12.4 Å². The third-order valence-corrected chi connectivity index (χ3v) is 2.77. The molecule has 0 heterocycles. The van der Waals surface area contributed by atoms with Crippen molar-refractivity contribution >= 4 is 0 Å². The summed E-state index contributed by atoms with van der Waals surface area (Å²) >= 11 is 0. The predicted molar refractivity (Wildman–Crippen MR) is 64.3 cm³/mol. The number of benzene rings is 1. The Morgan fingerprint density at radius 3 is 2.21 bits per heavy atom. The van der Waals surface area contributed by atoms with Crippen LogP contribution >= 0.6 is 0 Å². The van der Waals surface area contributed by atoms with E-state index in [-0.39, 0.29) is 18.8 Å². The van der Waals surface area contributed by atoms with Crippen LogP contribution in [0.2, 0.25) is 0 Å². The molecule has 0 aromatic heterocycles. The van der Waals surface area contributed by atoms with Gasteiger partial charge in [-0.25, -0.2) is 4.39 Å². The van der Waals surface area contributed by atoms with Gasteiger partial charge in [0, 0.05) is 12.6 Å². The van der Waals surface area contributed by atoms with Crippen molar-refractivity contribution in [3.05, 3.63) is 34.6 Å². The van der Waals surface area contributed by atoms with Crippen molar-refractivity contribution in [2.45, 2.75) is 32.5 Å². The Kier molecular flexibility index (Phi) is 5.31. The molecule has 1 aromatic carbocycles. The zero-order valence-corrected chi connectivity index (χ0v) is 10.9. The average Bonchev–Trinajstić information content (AvgIpc) is 2.21. The second kappa shape index (κ2) is 6.34. The van der Waals surface area contributed by atoms with Gasteiger partial charge in [0.25, 0.3) is 0 Å². The summed E-state index contributed by atoms with van der Waals surface area (Å²) in [5.41, 5.74) is 8.06. The lowest BCUT2D eigenvalue weighted by atomic mass is 9.95. The van der Waals surface area contributed by atoms with E-state index in [2.05, 4.69) is 4.74 Å². The van der Waals surface area contributed by atoms with Gasteiger partial charge in [0.15, 0.2) is 0 Å². The largest absolute Gasteiger partial charge is 0.411 e. The molecule has 0 aliphatic carbocycles. The fraction of sp³-hybridized carbons (Fsp3) is 0.538. The lowest BCUT2D eigenvalue weighted by molar-refractivity contribution is -0.174. The van der Waals surface area contributed by atoms with Crippen molar-refractivity contribution in [1.82, 2.24) is 0 Å². The summed E-state index contributed by atoms with van der Waals surface area (Å²) in [6.45, 7) is 2.09. The molecule has 0 fully saturated rings. The predicted octanol–water partition coefficient (Wildman–Crippen LogP) is 3.41. The number of halogens is 4. The molecule has 0 spiro atoms. The smallest absolute Gasteiger partial charge is 0.372 e.